The van der Waals surface area contributed by atoms with Crippen LogP contribution in [0.4, 0.5) is 4.39 Å². The average molecular weight is 237 g/mol. The first-order valence-electron chi connectivity index (χ1n) is 4.89. The van der Waals surface area contributed by atoms with E-state index in [0.29, 0.717) is 0 Å². The molecule has 0 N–H and O–H groups in total. The van der Waals surface area contributed by atoms with Crippen molar-refractivity contribution >= 4 is 23.4 Å². The third-order valence-corrected chi connectivity index (χ3v) is 2.81. The number of rotatable bonds is 2. The first-order valence-corrected chi connectivity index (χ1v) is 5.36. The zero-order valence-corrected chi connectivity index (χ0v) is 9.91. The van der Waals surface area contributed by atoms with Gasteiger partial charge in [0.1, 0.15) is 12.0 Å². The van der Waals surface area contributed by atoms with Gasteiger partial charge in [0.15, 0.2) is 5.84 Å². The number of halogens is 1. The summed E-state index contributed by atoms with van der Waals surface area (Å²) in [5, 5.41) is 7.74. The number of hydrogen-bond acceptors (Lipinski definition) is 4. The minimum absolute atomic E-state index is 0.0479. The van der Waals surface area contributed by atoms with Gasteiger partial charge in [0, 0.05) is 25.0 Å². The minimum Gasteiger partial charge on any atom is -0.332 e. The fourth-order valence-corrected chi connectivity index (χ4v) is 2.08. The topological polar surface area (TPSA) is 18.8 Å². The van der Waals surface area contributed by atoms with Crippen LogP contribution in [0.25, 0.3) is 0 Å². The van der Waals surface area contributed by atoms with Crippen LogP contribution in [0.1, 0.15) is 5.56 Å². The molecule has 2 rings (SSSR count). The summed E-state index contributed by atoms with van der Waals surface area (Å²) in [6.07, 6.45) is -0.0479. The summed E-state index contributed by atoms with van der Waals surface area (Å²) in [4.78, 5) is 1.92. The molecule has 84 valence electrons. The van der Waals surface area contributed by atoms with E-state index in [4.69, 9.17) is 12.2 Å². The molecule has 0 fully saturated rings. The third kappa shape index (κ3) is 1.78. The molecule has 0 saturated heterocycles. The Bertz CT molecular complexity index is 447. The average Bonchev–Trinajstić information content (AvgIpc) is 2.54. The quantitative estimate of drug-likeness (QED) is 0.729. The molecular weight excluding hydrogens is 225 g/mol. The Kier molecular flexibility index (Phi) is 2.87. The van der Waals surface area contributed by atoms with Crippen LogP contribution in [0, 0.1) is 5.82 Å². The van der Waals surface area contributed by atoms with E-state index < -0.39 is 0 Å². The summed E-state index contributed by atoms with van der Waals surface area (Å²) in [6, 6.07) is 6.39. The number of hydrogen-bond donors (Lipinski definition) is 0. The zero-order valence-electron chi connectivity index (χ0n) is 9.09. The van der Waals surface area contributed by atoms with E-state index in [1.807, 2.05) is 25.1 Å². The number of nitrogens with zero attached hydrogens (tertiary/aromatic N) is 3. The SMILES string of the molecule is CN1N=C(c2cccc(F)c2)N(C)C1C=S. The number of hydrazone groups is 1. The van der Waals surface area contributed by atoms with Gasteiger partial charge in [0.25, 0.3) is 0 Å². The molecule has 1 aromatic rings. The first kappa shape index (κ1) is 11.0. The lowest BCUT2D eigenvalue weighted by Gasteiger charge is -2.22. The van der Waals surface area contributed by atoms with Gasteiger partial charge in [-0.3, -0.25) is 5.01 Å². The van der Waals surface area contributed by atoms with Gasteiger partial charge in [0.2, 0.25) is 0 Å². The monoisotopic (exact) mass is 237 g/mol. The highest BCUT2D eigenvalue weighted by molar-refractivity contribution is 7.79. The fraction of sp³-hybridized carbons (Fsp3) is 0.273. The predicted molar refractivity (Wildman–Crippen MR) is 65.9 cm³/mol. The van der Waals surface area contributed by atoms with Gasteiger partial charge in [-0.25, -0.2) is 4.39 Å². The molecule has 0 saturated carbocycles. The summed E-state index contributed by atoms with van der Waals surface area (Å²) >= 11 is 4.94. The zero-order chi connectivity index (χ0) is 11.7. The van der Waals surface area contributed by atoms with Gasteiger partial charge in [-0.1, -0.05) is 24.4 Å². The molecule has 0 radical (unpaired) electrons. The second-order valence-electron chi connectivity index (χ2n) is 3.67. The van der Waals surface area contributed by atoms with Crippen LogP contribution >= 0.6 is 12.2 Å². The summed E-state index contributed by atoms with van der Waals surface area (Å²) in [6.45, 7) is 0. The van der Waals surface area contributed by atoms with Crippen LogP contribution in [0.3, 0.4) is 0 Å². The van der Waals surface area contributed by atoms with Crippen molar-refractivity contribution in [2.24, 2.45) is 5.10 Å². The molecular formula is C11H12FN3S. The standard InChI is InChI=1S/C11H12FN3S/c1-14-10(7-16)15(2)13-11(14)8-4-3-5-9(12)6-8/h3-7,10H,1-2H3. The van der Waals surface area contributed by atoms with E-state index in [0.717, 1.165) is 11.4 Å². The van der Waals surface area contributed by atoms with E-state index >= 15 is 0 Å². The van der Waals surface area contributed by atoms with Gasteiger partial charge < -0.3 is 4.90 Å². The summed E-state index contributed by atoms with van der Waals surface area (Å²) < 4.78 is 13.1. The Labute approximate surface area is 99.2 Å². The third-order valence-electron chi connectivity index (χ3n) is 2.57. The maximum atomic E-state index is 13.1. The van der Waals surface area contributed by atoms with Gasteiger partial charge in [-0.2, -0.15) is 5.10 Å². The Morgan fingerprint density at radius 1 is 1.44 bits per heavy atom. The van der Waals surface area contributed by atoms with Crippen molar-refractivity contribution < 1.29 is 4.39 Å². The van der Waals surface area contributed by atoms with E-state index in [2.05, 4.69) is 5.10 Å². The van der Waals surface area contributed by atoms with E-state index in [9.17, 15) is 4.39 Å². The normalized spacial score (nSPS) is 19.9. The van der Waals surface area contributed by atoms with E-state index in [1.54, 1.807) is 16.4 Å². The van der Waals surface area contributed by atoms with Crippen molar-refractivity contribution in [3.05, 3.63) is 35.6 Å². The van der Waals surface area contributed by atoms with Gasteiger partial charge in [0.05, 0.1) is 0 Å². The highest BCUT2D eigenvalue weighted by atomic mass is 32.1. The van der Waals surface area contributed by atoms with Crippen LogP contribution in [0.15, 0.2) is 29.4 Å². The summed E-state index contributed by atoms with van der Waals surface area (Å²) in [7, 11) is 3.73. The molecule has 3 nitrogen and oxygen atoms in total. The van der Waals surface area contributed by atoms with Crippen molar-refractivity contribution in [3.63, 3.8) is 0 Å². The van der Waals surface area contributed by atoms with Crippen LogP contribution in [0.2, 0.25) is 0 Å². The minimum atomic E-state index is -0.262. The maximum absolute atomic E-state index is 13.1. The summed E-state index contributed by atoms with van der Waals surface area (Å²) in [5.74, 6) is 0.468. The predicted octanol–water partition coefficient (Wildman–Crippen LogP) is 1.69. The van der Waals surface area contributed by atoms with Crippen molar-refractivity contribution in [1.29, 1.82) is 0 Å². The van der Waals surface area contributed by atoms with Crippen molar-refractivity contribution in [2.75, 3.05) is 14.1 Å². The van der Waals surface area contributed by atoms with Crippen molar-refractivity contribution in [3.8, 4) is 0 Å². The molecule has 0 aromatic heterocycles. The molecule has 1 aliphatic rings. The van der Waals surface area contributed by atoms with Crippen molar-refractivity contribution in [1.82, 2.24) is 9.91 Å². The van der Waals surface area contributed by atoms with E-state index in [-0.39, 0.29) is 12.0 Å². The van der Waals surface area contributed by atoms with Crippen LogP contribution in [-0.4, -0.2) is 41.4 Å². The molecule has 0 spiro atoms. The van der Waals surface area contributed by atoms with E-state index in [1.165, 1.54) is 12.1 Å². The molecule has 0 bridgehead atoms. The van der Waals surface area contributed by atoms with Crippen LogP contribution < -0.4 is 0 Å². The molecule has 16 heavy (non-hydrogen) atoms. The maximum Gasteiger partial charge on any atom is 0.157 e. The largest absolute Gasteiger partial charge is 0.332 e. The van der Waals surface area contributed by atoms with Gasteiger partial charge in [-0.05, 0) is 12.1 Å². The lowest BCUT2D eigenvalue weighted by Crippen LogP contribution is -2.38. The second-order valence-corrected chi connectivity index (χ2v) is 3.94. The van der Waals surface area contributed by atoms with Crippen molar-refractivity contribution in [2.45, 2.75) is 6.17 Å². The van der Waals surface area contributed by atoms with Crippen LogP contribution in [0.5, 0.6) is 0 Å². The Morgan fingerprint density at radius 3 is 2.75 bits per heavy atom. The molecule has 1 unspecified atom stereocenters. The molecule has 0 amide bonds. The molecule has 1 heterocycles. The smallest absolute Gasteiger partial charge is 0.157 e. The molecule has 1 atom stereocenters. The summed E-state index contributed by atoms with van der Waals surface area (Å²) in [5.41, 5.74) is 0.758. The lowest BCUT2D eigenvalue weighted by atomic mass is 10.2. The Morgan fingerprint density at radius 2 is 2.19 bits per heavy atom. The Hall–Kier alpha value is -1.49. The number of amidine groups is 1. The molecule has 0 aliphatic carbocycles. The Balaban J connectivity index is 2.36. The van der Waals surface area contributed by atoms with Gasteiger partial charge in [-0.15, -0.1) is 0 Å². The molecule has 5 heteroatoms. The molecule has 1 aliphatic heterocycles. The first-order chi connectivity index (χ1) is 7.63. The highest BCUT2D eigenvalue weighted by Gasteiger charge is 2.27. The lowest BCUT2D eigenvalue weighted by molar-refractivity contribution is 0.253. The number of benzene rings is 1. The number of thiocarbonyl (C=S) groups is 1. The van der Waals surface area contributed by atoms with Gasteiger partial charge >= 0.3 is 0 Å². The van der Waals surface area contributed by atoms with Crippen LogP contribution in [-0.2, 0) is 0 Å². The molecule has 1 aromatic carbocycles. The second kappa shape index (κ2) is 4.17. The highest BCUT2D eigenvalue weighted by Crippen LogP contribution is 2.17. The fourth-order valence-electron chi connectivity index (χ4n) is 1.72.